The van der Waals surface area contributed by atoms with Crippen molar-refractivity contribution in [3.05, 3.63) is 18.6 Å². The van der Waals surface area contributed by atoms with Crippen LogP contribution in [0.1, 0.15) is 0 Å². The van der Waals surface area contributed by atoms with Crippen LogP contribution in [0.2, 0.25) is 0 Å². The second-order valence-corrected chi connectivity index (χ2v) is 3.08. The van der Waals surface area contributed by atoms with E-state index in [9.17, 15) is 0 Å². The Morgan fingerprint density at radius 1 is 0.778 bits per heavy atom. The van der Waals surface area contributed by atoms with Crippen LogP contribution >= 0.6 is 0 Å². The lowest BCUT2D eigenvalue weighted by Gasteiger charge is -2.09. The Labute approximate surface area is 99.4 Å². The number of rotatable bonds is 5. The van der Waals surface area contributed by atoms with Gasteiger partial charge in [0.05, 0.1) is 6.20 Å². The van der Waals surface area contributed by atoms with Gasteiger partial charge in [0.25, 0.3) is 0 Å². The van der Waals surface area contributed by atoms with Gasteiger partial charge in [0, 0.05) is 0 Å². The van der Waals surface area contributed by atoms with Crippen LogP contribution < -0.4 is 14.9 Å². The molecule has 11 nitrogen and oxygen atoms in total. The molecule has 0 amide bonds. The van der Waals surface area contributed by atoms with E-state index in [1.165, 1.54) is 18.6 Å². The van der Waals surface area contributed by atoms with E-state index in [0.717, 1.165) is 0 Å². The highest BCUT2D eigenvalue weighted by atomic mass is 16.6. The number of H-pyrrole nitrogens is 3. The molecule has 12 heteroatoms. The summed E-state index contributed by atoms with van der Waals surface area (Å²) in [7, 11) is -0.862. The van der Waals surface area contributed by atoms with Gasteiger partial charge in [-0.1, -0.05) is 0 Å². The van der Waals surface area contributed by atoms with E-state index < -0.39 is 7.12 Å². The highest BCUT2D eigenvalue weighted by Crippen LogP contribution is 2.06. The SMILES string of the molecule is c1n[nH]nc1OB(Oc1cn[nH]n1)c1cn[nH]n1. The van der Waals surface area contributed by atoms with Crippen molar-refractivity contribution in [1.82, 2.24) is 46.2 Å². The van der Waals surface area contributed by atoms with Gasteiger partial charge in [-0.2, -0.15) is 36.0 Å². The third kappa shape index (κ3) is 2.11. The fourth-order valence-electron chi connectivity index (χ4n) is 1.18. The van der Waals surface area contributed by atoms with Gasteiger partial charge in [0.1, 0.15) is 18.0 Å². The molecule has 0 atom stereocenters. The minimum absolute atomic E-state index is 0.256. The van der Waals surface area contributed by atoms with Crippen molar-refractivity contribution < 1.29 is 9.31 Å². The number of nitrogens with one attached hydrogen (secondary N) is 3. The standard InChI is InChI=1S/C6H6BN9O2/c1-4(11-14-8-1)7(17-5-2-9-15-12-5)18-6-3-10-16-13-6/h1-3H,(H,8,11,14)(H,9,12,15)(H,10,13,16). The molecule has 90 valence electrons. The first-order chi connectivity index (χ1) is 8.92. The van der Waals surface area contributed by atoms with Crippen LogP contribution in [0.3, 0.4) is 0 Å². The lowest BCUT2D eigenvalue weighted by Crippen LogP contribution is -2.43. The van der Waals surface area contributed by atoms with Crippen molar-refractivity contribution in [1.29, 1.82) is 0 Å². The average Bonchev–Trinajstić information content (AvgIpc) is 3.13. The Morgan fingerprint density at radius 3 is 1.78 bits per heavy atom. The largest absolute Gasteiger partial charge is 0.658 e. The van der Waals surface area contributed by atoms with Crippen molar-refractivity contribution in [2.24, 2.45) is 0 Å². The Bertz CT molecular complexity index is 528. The number of hydrogen-bond donors (Lipinski definition) is 3. The zero-order valence-electron chi connectivity index (χ0n) is 8.81. The Balaban J connectivity index is 1.80. The summed E-state index contributed by atoms with van der Waals surface area (Å²) in [4.78, 5) is 0. The summed E-state index contributed by atoms with van der Waals surface area (Å²) in [6, 6.07) is 0. The molecule has 3 rings (SSSR count). The van der Waals surface area contributed by atoms with Gasteiger partial charge in [-0.25, -0.2) is 0 Å². The third-order valence-corrected chi connectivity index (χ3v) is 1.92. The number of aromatic nitrogens is 9. The third-order valence-electron chi connectivity index (χ3n) is 1.92. The first-order valence-electron chi connectivity index (χ1n) is 4.82. The minimum atomic E-state index is -0.862. The molecule has 0 aliphatic rings. The summed E-state index contributed by atoms with van der Waals surface area (Å²) < 4.78 is 10.9. The van der Waals surface area contributed by atoms with E-state index in [4.69, 9.17) is 9.31 Å². The van der Waals surface area contributed by atoms with Crippen LogP contribution in [0.25, 0.3) is 0 Å². The van der Waals surface area contributed by atoms with Crippen molar-refractivity contribution in [2.45, 2.75) is 0 Å². The van der Waals surface area contributed by atoms with Gasteiger partial charge in [-0.05, 0) is 0 Å². The molecule has 0 spiro atoms. The van der Waals surface area contributed by atoms with Gasteiger partial charge < -0.3 is 9.31 Å². The maximum absolute atomic E-state index is 5.44. The molecule has 3 heterocycles. The monoisotopic (exact) mass is 247 g/mol. The van der Waals surface area contributed by atoms with Crippen molar-refractivity contribution in [2.75, 3.05) is 0 Å². The van der Waals surface area contributed by atoms with E-state index >= 15 is 0 Å². The molecule has 0 saturated carbocycles. The molecular formula is C6H6BN9O2. The summed E-state index contributed by atoms with van der Waals surface area (Å²) >= 11 is 0. The fourth-order valence-corrected chi connectivity index (χ4v) is 1.18. The molecular weight excluding hydrogens is 241 g/mol. The Kier molecular flexibility index (Phi) is 2.58. The van der Waals surface area contributed by atoms with Crippen LogP contribution in [0.15, 0.2) is 18.6 Å². The molecule has 0 fully saturated rings. The lowest BCUT2D eigenvalue weighted by molar-refractivity contribution is 0.417. The Hall–Kier alpha value is -2.92. The topological polar surface area (TPSA) is 143 Å². The van der Waals surface area contributed by atoms with Gasteiger partial charge in [-0.3, -0.25) is 0 Å². The van der Waals surface area contributed by atoms with Crippen LogP contribution in [0.5, 0.6) is 11.8 Å². The summed E-state index contributed by atoms with van der Waals surface area (Å²) in [5.41, 5.74) is 0.431. The summed E-state index contributed by atoms with van der Waals surface area (Å²) in [5.74, 6) is 0.512. The molecule has 0 bridgehead atoms. The molecule has 0 radical (unpaired) electrons. The van der Waals surface area contributed by atoms with Gasteiger partial charge >= 0.3 is 7.12 Å². The quantitative estimate of drug-likeness (QED) is 0.434. The smallest absolute Gasteiger partial charge is 0.505 e. The van der Waals surface area contributed by atoms with Crippen molar-refractivity contribution in [3.8, 4) is 11.8 Å². The summed E-state index contributed by atoms with van der Waals surface area (Å²) in [6.45, 7) is 0. The van der Waals surface area contributed by atoms with Crippen LogP contribution in [0.4, 0.5) is 0 Å². The normalized spacial score (nSPS) is 10.2. The van der Waals surface area contributed by atoms with Gasteiger partial charge in [-0.15, -0.1) is 10.2 Å². The zero-order chi connectivity index (χ0) is 12.2. The van der Waals surface area contributed by atoms with E-state index in [1.807, 2.05) is 0 Å². The molecule has 18 heavy (non-hydrogen) atoms. The minimum Gasteiger partial charge on any atom is -0.505 e. The molecule has 0 aromatic carbocycles. The van der Waals surface area contributed by atoms with Gasteiger partial charge in [0.15, 0.2) is 0 Å². The average molecular weight is 247 g/mol. The molecule has 0 unspecified atom stereocenters. The van der Waals surface area contributed by atoms with E-state index in [2.05, 4.69) is 46.2 Å². The summed E-state index contributed by atoms with van der Waals surface area (Å²) in [5, 5.41) is 29.6. The maximum atomic E-state index is 5.44. The van der Waals surface area contributed by atoms with Crippen LogP contribution in [-0.4, -0.2) is 53.4 Å². The zero-order valence-corrected chi connectivity index (χ0v) is 8.81. The lowest BCUT2D eigenvalue weighted by atomic mass is 9.85. The highest BCUT2D eigenvalue weighted by Gasteiger charge is 2.31. The van der Waals surface area contributed by atoms with Crippen molar-refractivity contribution >= 4 is 12.7 Å². The fraction of sp³-hybridized carbons (Fsp3) is 0. The molecule has 3 aromatic rings. The van der Waals surface area contributed by atoms with Gasteiger partial charge in [0.2, 0.25) is 11.8 Å². The molecule has 3 N–H and O–H groups in total. The first kappa shape index (κ1) is 10.3. The predicted octanol–water partition coefficient (Wildman–Crippen LogP) is -2.11. The van der Waals surface area contributed by atoms with Crippen molar-refractivity contribution in [3.63, 3.8) is 0 Å². The molecule has 3 aromatic heterocycles. The number of aromatic amines is 3. The highest BCUT2D eigenvalue weighted by molar-refractivity contribution is 6.61. The summed E-state index contributed by atoms with van der Waals surface area (Å²) in [6.07, 6.45) is 4.27. The number of nitrogens with zero attached hydrogens (tertiary/aromatic N) is 6. The second kappa shape index (κ2) is 4.53. The molecule has 0 saturated heterocycles. The molecule has 0 aliphatic heterocycles. The molecule has 0 aliphatic carbocycles. The van der Waals surface area contributed by atoms with Crippen LogP contribution in [-0.2, 0) is 0 Å². The van der Waals surface area contributed by atoms with Crippen LogP contribution in [0, 0.1) is 0 Å². The first-order valence-corrected chi connectivity index (χ1v) is 4.82. The van der Waals surface area contributed by atoms with E-state index in [0.29, 0.717) is 5.59 Å². The second-order valence-electron chi connectivity index (χ2n) is 3.08. The van der Waals surface area contributed by atoms with E-state index in [1.54, 1.807) is 0 Å². The Morgan fingerprint density at radius 2 is 1.33 bits per heavy atom. The van der Waals surface area contributed by atoms with E-state index in [-0.39, 0.29) is 11.8 Å². The number of hydrogen-bond acceptors (Lipinski definition) is 8. The predicted molar refractivity (Wildman–Crippen MR) is 55.8 cm³/mol. The maximum Gasteiger partial charge on any atom is 0.658 e.